The van der Waals surface area contributed by atoms with Gasteiger partial charge in [0.05, 0.1) is 47.6 Å². The molecule has 582 valence electrons. The number of fused-ring (bicyclic) bond motifs is 3. The molecule has 0 bridgehead atoms. The van der Waals surface area contributed by atoms with Crippen molar-refractivity contribution in [1.29, 1.82) is 0 Å². The Bertz CT molecular complexity index is 4740. The van der Waals surface area contributed by atoms with Gasteiger partial charge in [-0.1, -0.05) is 15.5 Å². The number of hydrogen-bond acceptors (Lipinski definition) is 21. The first-order chi connectivity index (χ1) is 49.2. The zero-order valence-corrected chi connectivity index (χ0v) is 60.7. The van der Waals surface area contributed by atoms with Gasteiger partial charge in [0, 0.05) is 91.6 Å². The molecule has 3 aromatic heterocycles. The minimum absolute atomic E-state index is 0.0297. The fraction of sp³-hybridized carbons (Fsp3) is 0.597. The third kappa shape index (κ3) is 14.6. The van der Waals surface area contributed by atoms with E-state index >= 15 is 0 Å². The SMILES string of the molecule is C[C@@H](Oc1ccc(S(C)(=O)=O)cc1C(=O)N1CC2CC2(c2noc(C3CC3(F)F)n2)C1)C(C)(F)F.C[C@H](Oc1ccc(S(C)(=O)=O)cc1C(=O)N1CC2CC2(c2noc(C3(C(F)(F)F)CC3)n2)C1)C(C)(F)F.C[C@H](Oc1ccc(S(C)(=O)=O)cc1C(=O)N1CC2CC2(c2noc(C3CC3(F)F)n2)C1)C(C)(F)F. The lowest BCUT2D eigenvalue weighted by atomic mass is 10.0. The minimum Gasteiger partial charge on any atom is -0.484 e. The number of amides is 3. The summed E-state index contributed by atoms with van der Waals surface area (Å²) in [4.78, 5) is 56.5. The van der Waals surface area contributed by atoms with Crippen LogP contribution >= 0.6 is 0 Å². The van der Waals surface area contributed by atoms with Crippen LogP contribution in [-0.2, 0) is 51.2 Å². The molecule has 6 saturated carbocycles. The molecule has 40 heteroatoms. The molecule has 3 saturated heterocycles. The predicted molar refractivity (Wildman–Crippen MR) is 342 cm³/mol. The molecule has 6 aliphatic carbocycles. The summed E-state index contributed by atoms with van der Waals surface area (Å²) in [6.07, 6.45) is -5.51. The maximum Gasteiger partial charge on any atom is 0.403 e. The van der Waals surface area contributed by atoms with Crippen LogP contribution in [0.4, 0.5) is 57.1 Å². The largest absolute Gasteiger partial charge is 0.484 e. The average molecular weight is 1580 g/mol. The van der Waals surface area contributed by atoms with Crippen molar-refractivity contribution in [1.82, 2.24) is 45.1 Å². The summed E-state index contributed by atoms with van der Waals surface area (Å²) in [6.45, 7) is 6.56. The number of likely N-dealkylation sites (tertiary alicyclic amines) is 3. The fourth-order valence-corrected chi connectivity index (χ4v) is 15.8. The van der Waals surface area contributed by atoms with Gasteiger partial charge in [0.15, 0.2) is 65.3 Å². The van der Waals surface area contributed by atoms with Gasteiger partial charge in [-0.25, -0.2) is 69.2 Å². The topological polar surface area (TPSA) is 308 Å². The third-order valence-corrected chi connectivity index (χ3v) is 25.1. The van der Waals surface area contributed by atoms with Gasteiger partial charge >= 0.3 is 6.18 Å². The van der Waals surface area contributed by atoms with Gasteiger partial charge in [0.1, 0.15) is 34.5 Å². The molecule has 6 aromatic rings. The lowest BCUT2D eigenvalue weighted by molar-refractivity contribution is -0.166. The van der Waals surface area contributed by atoms with E-state index in [0.29, 0.717) is 40.0 Å². The highest BCUT2D eigenvalue weighted by atomic mass is 32.2. The molecule has 9 aliphatic rings. The fourth-order valence-electron chi connectivity index (χ4n) is 13.9. The molecule has 3 aromatic carbocycles. The molecular weight excluding hydrogens is 1510 g/mol. The molecule has 24 nitrogen and oxygen atoms in total. The van der Waals surface area contributed by atoms with E-state index in [0.717, 1.165) is 63.8 Å². The molecule has 9 fully saturated rings. The van der Waals surface area contributed by atoms with Gasteiger partial charge in [-0.05, 0) is 125 Å². The van der Waals surface area contributed by atoms with Crippen molar-refractivity contribution in [2.75, 3.05) is 58.0 Å². The van der Waals surface area contributed by atoms with Gasteiger partial charge in [-0.3, -0.25) is 14.4 Å². The first-order valence-electron chi connectivity index (χ1n) is 33.6. The number of carbonyl (C=O) groups excluding carboxylic acids is 3. The van der Waals surface area contributed by atoms with Crippen molar-refractivity contribution in [2.24, 2.45) is 17.8 Å². The van der Waals surface area contributed by atoms with E-state index in [4.69, 9.17) is 27.8 Å². The van der Waals surface area contributed by atoms with Gasteiger partial charge < -0.3 is 42.5 Å². The summed E-state index contributed by atoms with van der Waals surface area (Å²) < 4.78 is 280. The normalized spacial score (nSPS) is 27.1. The average Bonchev–Trinajstić information content (AvgIpc) is 1.54. The van der Waals surface area contributed by atoms with Gasteiger partial charge in [0.25, 0.3) is 47.3 Å². The predicted octanol–water partition coefficient (Wildman–Crippen LogP) is 10.8. The first kappa shape index (κ1) is 77.0. The summed E-state index contributed by atoms with van der Waals surface area (Å²) in [6, 6.07) is 10.4. The van der Waals surface area contributed by atoms with Crippen molar-refractivity contribution in [2.45, 2.75) is 189 Å². The smallest absolute Gasteiger partial charge is 0.403 e. The van der Waals surface area contributed by atoms with E-state index in [9.17, 15) is 96.7 Å². The third-order valence-electron chi connectivity index (χ3n) is 21.8. The maximum atomic E-state index is 13.8. The minimum atomic E-state index is -4.51. The monoisotopic (exact) mass is 1580 g/mol. The number of rotatable bonds is 21. The van der Waals surface area contributed by atoms with Crippen LogP contribution in [0, 0.1) is 17.8 Å². The molecule has 8 unspecified atom stereocenters. The Morgan fingerprint density at radius 1 is 0.467 bits per heavy atom. The molecule has 0 spiro atoms. The zero-order chi connectivity index (χ0) is 78.3. The van der Waals surface area contributed by atoms with E-state index in [1.54, 1.807) is 0 Å². The van der Waals surface area contributed by atoms with Crippen molar-refractivity contribution in [3.63, 3.8) is 0 Å². The zero-order valence-electron chi connectivity index (χ0n) is 58.3. The Morgan fingerprint density at radius 3 is 1.00 bits per heavy atom. The van der Waals surface area contributed by atoms with Crippen molar-refractivity contribution in [3.05, 3.63) is 106 Å². The van der Waals surface area contributed by atoms with E-state index < -0.39 is 141 Å². The van der Waals surface area contributed by atoms with Gasteiger partial charge in [0.2, 0.25) is 17.7 Å². The molecule has 0 N–H and O–H groups in total. The number of ether oxygens (including phenoxy) is 3. The number of carbonyl (C=O) groups is 3. The van der Waals surface area contributed by atoms with Crippen LogP contribution in [-0.4, -0.2) is 200 Å². The second-order valence-electron chi connectivity index (χ2n) is 30.1. The molecule has 3 amide bonds. The first-order valence-corrected chi connectivity index (χ1v) is 39.3. The number of sulfone groups is 3. The standard InChI is InChI=1S/C23H24F5N3O5S.2C22H23F4N3O5S/c1-12(20(2,24)25)35-16-5-4-14(37(3,33)34)8-15(16)17(32)31-10-13-9-21(13,11-31)18-29-19(36-30-18)22(6-7-22)23(26,27)28;2*1-11(20(2,23)24)33-16-5-4-13(35(3,31)32)6-14(16)18(30)29-9-12-7-21(12,10-29)19-27-17(34-28-19)15-8-22(15,25)26/h4-5,8,12-13H,6-7,9-11H2,1-3H3;2*4-6,11-12,15H,7-10H2,1-3H3/t12-,13?,21?;2*11-,12?,15?,21?/m010/s1. The second kappa shape index (κ2) is 25.2. The lowest BCUT2D eigenvalue weighted by Crippen LogP contribution is -2.35. The van der Waals surface area contributed by atoms with E-state index in [2.05, 4.69) is 30.4 Å². The molecule has 6 heterocycles. The molecule has 11 atom stereocenters. The van der Waals surface area contributed by atoms with Crippen LogP contribution < -0.4 is 14.2 Å². The van der Waals surface area contributed by atoms with Gasteiger partial charge in [-0.15, -0.1) is 0 Å². The van der Waals surface area contributed by atoms with E-state index in [1.807, 2.05) is 0 Å². The summed E-state index contributed by atoms with van der Waals surface area (Å²) in [5.41, 5.74) is -4.71. The number of nitrogens with zero attached hydrogens (tertiary/aromatic N) is 9. The van der Waals surface area contributed by atoms with Crippen molar-refractivity contribution >= 4 is 47.2 Å². The van der Waals surface area contributed by atoms with Crippen LogP contribution in [0.2, 0.25) is 0 Å². The number of halogens is 13. The Hall–Kier alpha value is -8.17. The Morgan fingerprint density at radius 2 is 0.748 bits per heavy atom. The van der Waals surface area contributed by atoms with Crippen LogP contribution in [0.25, 0.3) is 0 Å². The highest BCUT2D eigenvalue weighted by Crippen LogP contribution is 2.64. The van der Waals surface area contributed by atoms with E-state index in [1.165, 1.54) is 45.0 Å². The van der Waals surface area contributed by atoms with Crippen molar-refractivity contribution in [3.8, 4) is 17.2 Å². The summed E-state index contributed by atoms with van der Waals surface area (Å²) >= 11 is 0. The summed E-state index contributed by atoms with van der Waals surface area (Å²) in [7, 11) is -11.1. The van der Waals surface area contributed by atoms with Gasteiger partial charge in [-0.2, -0.15) is 28.1 Å². The number of aromatic nitrogens is 6. The second-order valence-corrected chi connectivity index (χ2v) is 36.2. The van der Waals surface area contributed by atoms with E-state index in [-0.39, 0.29) is 161 Å². The van der Waals surface area contributed by atoms with Crippen molar-refractivity contribution < 1.29 is 124 Å². The van der Waals surface area contributed by atoms with Crippen LogP contribution in [0.15, 0.2) is 82.9 Å². The molecular formula is C67H70F13N9O15S3. The lowest BCUT2D eigenvalue weighted by Gasteiger charge is -2.25. The quantitative estimate of drug-likeness (QED) is 0.0605. The molecule has 15 rings (SSSR count). The Kier molecular flexibility index (Phi) is 18.1. The number of alkyl halides is 13. The summed E-state index contributed by atoms with van der Waals surface area (Å²) in [5, 5.41) is 11.6. The molecule has 107 heavy (non-hydrogen) atoms. The van der Waals surface area contributed by atoms with Crippen LogP contribution in [0.3, 0.4) is 0 Å². The Labute approximate surface area is 602 Å². The summed E-state index contributed by atoms with van der Waals surface area (Å²) in [5.74, 6) is -20.2. The highest BCUT2D eigenvalue weighted by Gasteiger charge is 2.71. The highest BCUT2D eigenvalue weighted by molar-refractivity contribution is 7.91. The molecule has 3 aliphatic heterocycles. The number of hydrogen-bond donors (Lipinski definition) is 0. The molecule has 0 radical (unpaired) electrons. The maximum absolute atomic E-state index is 13.8. The number of piperidine rings is 3. The van der Waals surface area contributed by atoms with Crippen LogP contribution in [0.5, 0.6) is 17.2 Å². The van der Waals surface area contributed by atoms with Crippen LogP contribution in [0.1, 0.15) is 165 Å². The number of benzene rings is 3. The Balaban J connectivity index is 0.000000142.